The largest absolute Gasteiger partial charge is 0.496 e. The lowest BCUT2D eigenvalue weighted by Crippen LogP contribution is -2.12. The van der Waals surface area contributed by atoms with E-state index in [-0.39, 0.29) is 6.04 Å². The summed E-state index contributed by atoms with van der Waals surface area (Å²) >= 11 is 0. The van der Waals surface area contributed by atoms with E-state index in [2.05, 4.69) is 22.4 Å². The van der Waals surface area contributed by atoms with Crippen LogP contribution in [-0.2, 0) is 19.3 Å². The molecule has 3 aromatic rings. The molecule has 0 saturated heterocycles. The van der Waals surface area contributed by atoms with Crippen molar-refractivity contribution in [3.8, 4) is 17.1 Å². The molecule has 0 spiro atoms. The fourth-order valence-electron chi connectivity index (χ4n) is 4.31. The van der Waals surface area contributed by atoms with Gasteiger partial charge in [0.05, 0.1) is 13.2 Å². The zero-order valence-corrected chi connectivity index (χ0v) is 15.4. The number of methoxy groups -OCH3 is 1. The molecule has 0 bridgehead atoms. The van der Waals surface area contributed by atoms with Crippen LogP contribution >= 0.6 is 0 Å². The van der Waals surface area contributed by atoms with Crippen LogP contribution in [0.2, 0.25) is 0 Å². The molecule has 2 aromatic heterocycles. The topological polar surface area (TPSA) is 59.9 Å². The van der Waals surface area contributed by atoms with Crippen molar-refractivity contribution in [1.82, 2.24) is 15.0 Å². The third-order valence-corrected chi connectivity index (χ3v) is 5.63. The molecule has 2 aliphatic carbocycles. The monoisotopic (exact) mass is 358 g/mol. The average molecular weight is 358 g/mol. The first kappa shape index (κ1) is 16.2. The lowest BCUT2D eigenvalue weighted by atomic mass is 10.1. The number of hydrogen-bond acceptors (Lipinski definition) is 5. The van der Waals surface area contributed by atoms with Crippen LogP contribution in [0, 0.1) is 0 Å². The fraction of sp³-hybridized carbons (Fsp3) is 0.318. The van der Waals surface area contributed by atoms with Crippen LogP contribution < -0.4 is 10.1 Å². The number of aryl methyl sites for hydroxylation is 1. The molecule has 1 atom stereocenters. The molecule has 1 N–H and O–H groups in total. The van der Waals surface area contributed by atoms with Gasteiger partial charge in [-0.15, -0.1) is 0 Å². The van der Waals surface area contributed by atoms with Crippen LogP contribution in [0.15, 0.2) is 42.7 Å². The highest BCUT2D eigenvalue weighted by molar-refractivity contribution is 5.61. The van der Waals surface area contributed by atoms with Gasteiger partial charge in [-0.1, -0.05) is 12.1 Å². The second-order valence-electron chi connectivity index (χ2n) is 7.17. The van der Waals surface area contributed by atoms with Crippen molar-refractivity contribution in [3.63, 3.8) is 0 Å². The molecule has 0 fully saturated rings. The molecule has 5 nitrogen and oxygen atoms in total. The van der Waals surface area contributed by atoms with Crippen LogP contribution in [0.3, 0.4) is 0 Å². The van der Waals surface area contributed by atoms with Crippen molar-refractivity contribution in [2.45, 2.75) is 38.1 Å². The number of anilines is 1. The molecule has 27 heavy (non-hydrogen) atoms. The van der Waals surface area contributed by atoms with Gasteiger partial charge in [0.2, 0.25) is 0 Å². The Morgan fingerprint density at radius 2 is 1.89 bits per heavy atom. The Balaban J connectivity index is 1.53. The van der Waals surface area contributed by atoms with Gasteiger partial charge in [0.15, 0.2) is 5.82 Å². The summed E-state index contributed by atoms with van der Waals surface area (Å²) in [5.74, 6) is 2.76. The Morgan fingerprint density at radius 3 is 2.74 bits per heavy atom. The first-order chi connectivity index (χ1) is 13.3. The number of fused-ring (bicyclic) bond motifs is 2. The van der Waals surface area contributed by atoms with Gasteiger partial charge in [-0.2, -0.15) is 0 Å². The Kier molecular flexibility index (Phi) is 4.00. The summed E-state index contributed by atoms with van der Waals surface area (Å²) in [4.78, 5) is 13.9. The number of benzene rings is 1. The number of nitrogens with one attached hydrogen (secondary N) is 1. The van der Waals surface area contributed by atoms with Crippen molar-refractivity contribution in [3.05, 3.63) is 65.1 Å². The molecule has 2 heterocycles. The summed E-state index contributed by atoms with van der Waals surface area (Å²) in [5.41, 5.74) is 6.12. The van der Waals surface area contributed by atoms with E-state index in [1.807, 2.05) is 18.2 Å². The Morgan fingerprint density at radius 1 is 1.00 bits per heavy atom. The first-order valence-corrected chi connectivity index (χ1v) is 9.56. The van der Waals surface area contributed by atoms with Crippen LogP contribution in [-0.4, -0.2) is 22.1 Å². The van der Waals surface area contributed by atoms with Gasteiger partial charge in [0, 0.05) is 29.2 Å². The maximum absolute atomic E-state index is 5.55. The summed E-state index contributed by atoms with van der Waals surface area (Å²) in [7, 11) is 1.74. The molecule has 0 aliphatic heterocycles. The van der Waals surface area contributed by atoms with E-state index in [9.17, 15) is 0 Å². The van der Waals surface area contributed by atoms with Crippen molar-refractivity contribution in [2.24, 2.45) is 0 Å². The summed E-state index contributed by atoms with van der Waals surface area (Å²) in [6.07, 6.45) is 8.89. The number of pyridine rings is 1. The van der Waals surface area contributed by atoms with E-state index in [1.54, 1.807) is 19.5 Å². The molecule has 0 saturated carbocycles. The van der Waals surface area contributed by atoms with E-state index < -0.39 is 0 Å². The minimum absolute atomic E-state index is 0.264. The van der Waals surface area contributed by atoms with Crippen molar-refractivity contribution in [1.29, 1.82) is 0 Å². The van der Waals surface area contributed by atoms with Crippen molar-refractivity contribution >= 4 is 5.82 Å². The van der Waals surface area contributed by atoms with Crippen LogP contribution in [0.4, 0.5) is 5.82 Å². The minimum atomic E-state index is 0.264. The molecular formula is C22H22N4O. The number of nitrogens with zero attached hydrogens (tertiary/aromatic N) is 3. The standard InChI is InChI=1S/C22H22N4O/c1-27-20-7-3-4-15-16(20)8-9-19(15)25-22-17-5-2-6-18(17)24-21(26-22)14-10-12-23-13-11-14/h3-4,7,10-13,19H,2,5-6,8-9H2,1H3,(H,24,25,26). The SMILES string of the molecule is COc1cccc2c1CCC2Nc1nc(-c2ccncc2)nc2c1CCC2. The highest BCUT2D eigenvalue weighted by atomic mass is 16.5. The highest BCUT2D eigenvalue weighted by Gasteiger charge is 2.28. The Labute approximate surface area is 158 Å². The van der Waals surface area contributed by atoms with E-state index >= 15 is 0 Å². The lowest BCUT2D eigenvalue weighted by Gasteiger charge is -2.18. The third-order valence-electron chi connectivity index (χ3n) is 5.63. The lowest BCUT2D eigenvalue weighted by molar-refractivity contribution is 0.410. The number of ether oxygens (including phenoxy) is 1. The van der Waals surface area contributed by atoms with E-state index in [1.165, 1.54) is 22.4 Å². The molecule has 1 unspecified atom stereocenters. The molecule has 0 radical (unpaired) electrons. The van der Waals surface area contributed by atoms with Gasteiger partial charge in [0.25, 0.3) is 0 Å². The van der Waals surface area contributed by atoms with Crippen LogP contribution in [0.5, 0.6) is 5.75 Å². The van der Waals surface area contributed by atoms with Crippen LogP contribution in [0.25, 0.3) is 11.4 Å². The van der Waals surface area contributed by atoms with Gasteiger partial charge in [0.1, 0.15) is 11.6 Å². The second-order valence-corrected chi connectivity index (χ2v) is 7.17. The van der Waals surface area contributed by atoms with Gasteiger partial charge in [-0.25, -0.2) is 9.97 Å². The molecule has 1 aromatic carbocycles. The number of aromatic nitrogens is 3. The molecule has 136 valence electrons. The number of rotatable bonds is 4. The Bertz CT molecular complexity index is 987. The maximum Gasteiger partial charge on any atom is 0.161 e. The third kappa shape index (κ3) is 2.83. The maximum atomic E-state index is 5.55. The van der Waals surface area contributed by atoms with Crippen LogP contribution in [0.1, 0.15) is 41.3 Å². The van der Waals surface area contributed by atoms with E-state index in [4.69, 9.17) is 14.7 Å². The van der Waals surface area contributed by atoms with E-state index in [0.29, 0.717) is 0 Å². The minimum Gasteiger partial charge on any atom is -0.496 e. The second kappa shape index (κ2) is 6.65. The first-order valence-electron chi connectivity index (χ1n) is 9.56. The average Bonchev–Trinajstić information content (AvgIpc) is 3.36. The summed E-state index contributed by atoms with van der Waals surface area (Å²) in [5, 5.41) is 3.74. The molecule has 2 aliphatic rings. The summed E-state index contributed by atoms with van der Waals surface area (Å²) in [6, 6.07) is 10.5. The van der Waals surface area contributed by atoms with Gasteiger partial charge >= 0.3 is 0 Å². The fourth-order valence-corrected chi connectivity index (χ4v) is 4.31. The quantitative estimate of drug-likeness (QED) is 0.760. The molecule has 5 heteroatoms. The van der Waals surface area contributed by atoms with Crippen molar-refractivity contribution < 1.29 is 4.74 Å². The smallest absolute Gasteiger partial charge is 0.161 e. The Hall–Kier alpha value is -2.95. The zero-order valence-electron chi connectivity index (χ0n) is 15.4. The zero-order chi connectivity index (χ0) is 18.2. The highest BCUT2D eigenvalue weighted by Crippen LogP contribution is 2.40. The molecular weight excluding hydrogens is 336 g/mol. The molecule has 5 rings (SSSR count). The van der Waals surface area contributed by atoms with Crippen molar-refractivity contribution in [2.75, 3.05) is 12.4 Å². The van der Waals surface area contributed by atoms with Gasteiger partial charge in [-0.3, -0.25) is 4.98 Å². The predicted molar refractivity (Wildman–Crippen MR) is 105 cm³/mol. The van der Waals surface area contributed by atoms with Gasteiger partial charge in [-0.05, 0) is 61.4 Å². The number of hydrogen-bond donors (Lipinski definition) is 1. The molecule has 0 amide bonds. The normalized spacial score (nSPS) is 17.4. The summed E-state index contributed by atoms with van der Waals surface area (Å²) < 4.78 is 5.55. The van der Waals surface area contributed by atoms with Gasteiger partial charge < -0.3 is 10.1 Å². The van der Waals surface area contributed by atoms with E-state index in [0.717, 1.165) is 55.1 Å². The summed E-state index contributed by atoms with van der Waals surface area (Å²) in [6.45, 7) is 0. The predicted octanol–water partition coefficient (Wildman–Crippen LogP) is 4.14.